The largest absolute Gasteiger partial charge is 0.269 e. The summed E-state index contributed by atoms with van der Waals surface area (Å²) in [5.74, 6) is 0. The lowest BCUT2D eigenvalue weighted by molar-refractivity contribution is -0.707. The van der Waals surface area contributed by atoms with Gasteiger partial charge in [-0.25, -0.2) is 0 Å². The van der Waals surface area contributed by atoms with E-state index in [1.165, 1.54) is 5.69 Å². The molecular formula is C14H13N2O2+. The van der Waals surface area contributed by atoms with Gasteiger partial charge in [-0.2, -0.15) is 4.57 Å². The van der Waals surface area contributed by atoms with E-state index in [9.17, 15) is 10.1 Å². The number of hydrogen-bond donors (Lipinski definition) is 0. The fourth-order valence-electron chi connectivity index (χ4n) is 2.58. The summed E-state index contributed by atoms with van der Waals surface area (Å²) in [5, 5.41) is 10.6. The van der Waals surface area contributed by atoms with Crippen LogP contribution >= 0.6 is 0 Å². The maximum Gasteiger partial charge on any atom is 0.269 e. The van der Waals surface area contributed by atoms with E-state index in [0.717, 1.165) is 18.4 Å². The van der Waals surface area contributed by atoms with Crippen LogP contribution in [0.25, 0.3) is 0 Å². The Hall–Kier alpha value is -2.23. The Balaban J connectivity index is 1.95. The molecule has 1 aliphatic rings. The number of nitro groups is 1. The highest BCUT2D eigenvalue weighted by molar-refractivity contribution is 5.34. The van der Waals surface area contributed by atoms with Crippen LogP contribution in [0, 0.1) is 10.1 Å². The monoisotopic (exact) mass is 241 g/mol. The Morgan fingerprint density at radius 3 is 2.67 bits per heavy atom. The molecule has 4 nitrogen and oxygen atoms in total. The van der Waals surface area contributed by atoms with Gasteiger partial charge in [0, 0.05) is 42.7 Å². The highest BCUT2D eigenvalue weighted by Gasteiger charge is 2.31. The maximum atomic E-state index is 10.6. The zero-order valence-corrected chi connectivity index (χ0v) is 9.82. The minimum atomic E-state index is -0.362. The van der Waals surface area contributed by atoms with Crippen molar-refractivity contribution >= 4 is 5.69 Å². The van der Waals surface area contributed by atoms with Crippen molar-refractivity contribution in [2.45, 2.75) is 18.9 Å². The highest BCUT2D eigenvalue weighted by Crippen LogP contribution is 2.25. The fourth-order valence-corrected chi connectivity index (χ4v) is 2.58. The van der Waals surface area contributed by atoms with Crippen molar-refractivity contribution in [2.75, 3.05) is 0 Å². The topological polar surface area (TPSA) is 47.0 Å². The molecule has 1 atom stereocenters. The third-order valence-electron chi connectivity index (χ3n) is 3.48. The van der Waals surface area contributed by atoms with Crippen molar-refractivity contribution in [1.29, 1.82) is 0 Å². The summed E-state index contributed by atoms with van der Waals surface area (Å²) in [4.78, 5) is 10.3. The van der Waals surface area contributed by atoms with Gasteiger partial charge in [0.25, 0.3) is 5.69 Å². The summed E-state index contributed by atoms with van der Waals surface area (Å²) in [6, 6.07) is 13.4. The van der Waals surface area contributed by atoms with E-state index in [2.05, 4.69) is 16.8 Å². The minimum absolute atomic E-state index is 0.148. The highest BCUT2D eigenvalue weighted by atomic mass is 16.6. The summed E-state index contributed by atoms with van der Waals surface area (Å²) in [5.41, 5.74) is 2.60. The molecule has 0 amide bonds. The molecule has 0 spiro atoms. The molecule has 1 aliphatic heterocycles. The third kappa shape index (κ3) is 1.76. The molecular weight excluding hydrogens is 228 g/mol. The van der Waals surface area contributed by atoms with Crippen LogP contribution in [0.1, 0.15) is 23.7 Å². The van der Waals surface area contributed by atoms with Crippen LogP contribution in [0.3, 0.4) is 0 Å². The molecule has 0 aliphatic carbocycles. The first-order valence-electron chi connectivity index (χ1n) is 5.99. The molecule has 0 saturated carbocycles. The molecule has 3 rings (SSSR count). The predicted octanol–water partition coefficient (Wildman–Crippen LogP) is 2.42. The minimum Gasteiger partial charge on any atom is -0.258 e. The van der Waals surface area contributed by atoms with E-state index in [-0.39, 0.29) is 10.6 Å². The van der Waals surface area contributed by atoms with Gasteiger partial charge in [-0.1, -0.05) is 6.07 Å². The summed E-state index contributed by atoms with van der Waals surface area (Å²) in [6.07, 6.45) is 4.19. The molecule has 4 heteroatoms. The van der Waals surface area contributed by atoms with Crippen molar-refractivity contribution < 1.29 is 9.49 Å². The Kier molecular flexibility index (Phi) is 2.55. The first-order chi connectivity index (χ1) is 8.75. The molecule has 0 unspecified atom stereocenters. The fraction of sp³-hybridized carbons (Fsp3) is 0.214. The number of nitrogens with zero attached hydrogens (tertiary/aromatic N) is 2. The zero-order valence-electron chi connectivity index (χ0n) is 9.82. The number of benzene rings is 1. The van der Waals surface area contributed by atoms with E-state index >= 15 is 0 Å². The Morgan fingerprint density at radius 1 is 1.17 bits per heavy atom. The Morgan fingerprint density at radius 2 is 1.94 bits per heavy atom. The lowest BCUT2D eigenvalue weighted by Crippen LogP contribution is -2.37. The maximum absolute atomic E-state index is 10.6. The van der Waals surface area contributed by atoms with Crippen LogP contribution in [-0.4, -0.2) is 4.92 Å². The number of rotatable bonds is 2. The lowest BCUT2D eigenvalue weighted by atomic mass is 10.0. The van der Waals surface area contributed by atoms with Crippen LogP contribution in [-0.2, 0) is 6.42 Å². The van der Waals surface area contributed by atoms with Gasteiger partial charge in [0.1, 0.15) is 0 Å². The van der Waals surface area contributed by atoms with Gasteiger partial charge in [-0.3, -0.25) is 10.1 Å². The van der Waals surface area contributed by atoms with Crippen LogP contribution in [0.5, 0.6) is 0 Å². The summed E-state index contributed by atoms with van der Waals surface area (Å²) >= 11 is 0. The molecule has 0 bridgehead atoms. The van der Waals surface area contributed by atoms with Gasteiger partial charge in [-0.15, -0.1) is 0 Å². The molecule has 2 aromatic rings. The molecule has 18 heavy (non-hydrogen) atoms. The number of non-ortho nitro benzene ring substituents is 1. The van der Waals surface area contributed by atoms with E-state index in [0.29, 0.717) is 6.04 Å². The molecule has 0 saturated heterocycles. The molecule has 90 valence electrons. The second kappa shape index (κ2) is 4.22. The molecule has 2 heterocycles. The lowest BCUT2D eigenvalue weighted by Gasteiger charge is -2.06. The quantitative estimate of drug-likeness (QED) is 0.460. The number of fused-ring (bicyclic) bond motifs is 1. The van der Waals surface area contributed by atoms with E-state index in [1.54, 1.807) is 12.1 Å². The molecule has 0 fully saturated rings. The summed E-state index contributed by atoms with van der Waals surface area (Å²) in [6.45, 7) is 0. The van der Waals surface area contributed by atoms with Crippen LogP contribution in [0.4, 0.5) is 5.69 Å². The van der Waals surface area contributed by atoms with Gasteiger partial charge in [0.15, 0.2) is 17.9 Å². The van der Waals surface area contributed by atoms with Crippen LogP contribution in [0.2, 0.25) is 0 Å². The van der Waals surface area contributed by atoms with Gasteiger partial charge in [0.2, 0.25) is 0 Å². The summed E-state index contributed by atoms with van der Waals surface area (Å²) in [7, 11) is 0. The number of pyridine rings is 1. The van der Waals surface area contributed by atoms with Crippen LogP contribution < -0.4 is 4.57 Å². The third-order valence-corrected chi connectivity index (χ3v) is 3.48. The van der Waals surface area contributed by atoms with Crippen molar-refractivity contribution in [3.05, 3.63) is 70.0 Å². The molecule has 0 radical (unpaired) electrons. The molecule has 1 aromatic carbocycles. The first-order valence-corrected chi connectivity index (χ1v) is 5.99. The Labute approximate surface area is 105 Å². The standard InChI is InChI=1S/C14H13N2O2/c17-16(18)13-6-4-11(5-7-13)14-9-8-12-3-1-2-10-15(12)14/h1-7,10,14H,8-9H2/q+1/t14-/m0/s1. The van der Waals surface area contributed by atoms with Crippen molar-refractivity contribution in [1.82, 2.24) is 0 Å². The van der Waals surface area contributed by atoms with E-state index in [1.807, 2.05) is 24.3 Å². The average molecular weight is 241 g/mol. The van der Waals surface area contributed by atoms with Crippen LogP contribution in [0.15, 0.2) is 48.7 Å². The van der Waals surface area contributed by atoms with Crippen molar-refractivity contribution in [3.8, 4) is 0 Å². The SMILES string of the molecule is O=[N+]([O-])c1ccc([C@@H]2CCc3cccc[n+]32)cc1. The smallest absolute Gasteiger partial charge is 0.258 e. The van der Waals surface area contributed by atoms with Gasteiger partial charge in [0.05, 0.1) is 4.92 Å². The second-order valence-corrected chi connectivity index (χ2v) is 4.50. The first kappa shape index (κ1) is 10.9. The second-order valence-electron chi connectivity index (χ2n) is 4.50. The van der Waals surface area contributed by atoms with Gasteiger partial charge in [-0.05, 0) is 12.1 Å². The number of aromatic nitrogens is 1. The van der Waals surface area contributed by atoms with Crippen molar-refractivity contribution in [2.24, 2.45) is 0 Å². The van der Waals surface area contributed by atoms with Gasteiger partial charge >= 0.3 is 0 Å². The van der Waals surface area contributed by atoms with E-state index in [4.69, 9.17) is 0 Å². The summed E-state index contributed by atoms with van der Waals surface area (Å²) < 4.78 is 2.25. The normalized spacial score (nSPS) is 17.4. The van der Waals surface area contributed by atoms with Gasteiger partial charge < -0.3 is 0 Å². The molecule has 1 aromatic heterocycles. The average Bonchev–Trinajstić information content (AvgIpc) is 2.82. The molecule has 0 N–H and O–H groups in total. The number of hydrogen-bond acceptors (Lipinski definition) is 2. The van der Waals surface area contributed by atoms with Crippen molar-refractivity contribution in [3.63, 3.8) is 0 Å². The van der Waals surface area contributed by atoms with E-state index < -0.39 is 0 Å². The number of aryl methyl sites for hydroxylation is 1. The predicted molar refractivity (Wildman–Crippen MR) is 66.2 cm³/mol. The zero-order chi connectivity index (χ0) is 12.5. The Bertz CT molecular complexity index is 593. The number of nitro benzene ring substituents is 1.